The van der Waals surface area contributed by atoms with Crippen LogP contribution in [0.15, 0.2) is 18.2 Å². The summed E-state index contributed by atoms with van der Waals surface area (Å²) in [7, 11) is 1.35. The third kappa shape index (κ3) is 6.12. The maximum atomic E-state index is 12.2. The Morgan fingerprint density at radius 1 is 1.32 bits per heavy atom. The van der Waals surface area contributed by atoms with E-state index in [9.17, 15) is 18.0 Å². The van der Waals surface area contributed by atoms with Crippen LogP contribution < -0.4 is 20.5 Å². The standard InChI is InChI=1S/C17H23F3N2O3/c1-24-15-7-11(5-6-14(15)25-10-17(18,19)20)9-22-16(23)8-12-3-2-4-13(12)21/h5-7,12-13H,2-4,8-10,21H2,1H3,(H,22,23)/t12-,13+/m0/s1. The number of nitrogens with one attached hydrogen (secondary N) is 1. The van der Waals surface area contributed by atoms with Crippen LogP contribution in [-0.4, -0.2) is 31.8 Å². The Morgan fingerprint density at radius 3 is 2.68 bits per heavy atom. The number of alkyl halides is 3. The Bertz CT molecular complexity index is 593. The van der Waals surface area contributed by atoms with Crippen LogP contribution >= 0.6 is 0 Å². The SMILES string of the molecule is COc1cc(CNC(=O)C[C@@H]2CCC[C@H]2N)ccc1OCC(F)(F)F. The van der Waals surface area contributed by atoms with E-state index in [1.54, 1.807) is 12.1 Å². The lowest BCUT2D eigenvalue weighted by Crippen LogP contribution is -2.31. The fourth-order valence-electron chi connectivity index (χ4n) is 2.93. The number of carbonyl (C=O) groups is 1. The van der Waals surface area contributed by atoms with Gasteiger partial charge in [0.15, 0.2) is 18.1 Å². The van der Waals surface area contributed by atoms with Crippen molar-refractivity contribution in [2.24, 2.45) is 11.7 Å². The molecule has 0 spiro atoms. The Morgan fingerprint density at radius 2 is 2.08 bits per heavy atom. The summed E-state index contributed by atoms with van der Waals surface area (Å²) in [5, 5.41) is 2.80. The molecule has 1 saturated carbocycles. The summed E-state index contributed by atoms with van der Waals surface area (Å²) in [5.41, 5.74) is 6.67. The van der Waals surface area contributed by atoms with Crippen molar-refractivity contribution in [1.29, 1.82) is 0 Å². The number of benzene rings is 1. The Kier molecular flexibility index (Phi) is 6.52. The van der Waals surface area contributed by atoms with Gasteiger partial charge in [0.2, 0.25) is 5.91 Å². The van der Waals surface area contributed by atoms with E-state index in [2.05, 4.69) is 5.32 Å². The Balaban J connectivity index is 1.88. The minimum absolute atomic E-state index is 0.00632. The molecule has 2 atom stereocenters. The molecule has 140 valence electrons. The smallest absolute Gasteiger partial charge is 0.422 e. The molecule has 0 aromatic heterocycles. The number of nitrogens with two attached hydrogens (primary N) is 1. The average molecular weight is 360 g/mol. The number of hydrogen-bond acceptors (Lipinski definition) is 4. The third-order valence-electron chi connectivity index (χ3n) is 4.27. The highest BCUT2D eigenvalue weighted by Crippen LogP contribution is 2.30. The molecule has 1 aromatic rings. The number of methoxy groups -OCH3 is 1. The monoisotopic (exact) mass is 360 g/mol. The van der Waals surface area contributed by atoms with Crippen LogP contribution in [0.5, 0.6) is 11.5 Å². The van der Waals surface area contributed by atoms with Crippen LogP contribution in [-0.2, 0) is 11.3 Å². The molecule has 8 heteroatoms. The number of halogens is 3. The van der Waals surface area contributed by atoms with E-state index in [-0.39, 0.29) is 35.9 Å². The van der Waals surface area contributed by atoms with Gasteiger partial charge in [0, 0.05) is 19.0 Å². The molecule has 0 radical (unpaired) electrons. The summed E-state index contributed by atoms with van der Waals surface area (Å²) in [5.74, 6) is 0.326. The molecular formula is C17H23F3N2O3. The highest BCUT2D eigenvalue weighted by molar-refractivity contribution is 5.76. The van der Waals surface area contributed by atoms with Gasteiger partial charge in [-0.25, -0.2) is 0 Å². The Hall–Kier alpha value is -1.96. The van der Waals surface area contributed by atoms with Gasteiger partial charge in [-0.1, -0.05) is 12.5 Å². The summed E-state index contributed by atoms with van der Waals surface area (Å²) in [6.07, 6.45) is -1.05. The minimum atomic E-state index is -4.42. The van der Waals surface area contributed by atoms with Crippen LogP contribution in [0.1, 0.15) is 31.2 Å². The fraction of sp³-hybridized carbons (Fsp3) is 0.588. The van der Waals surface area contributed by atoms with Crippen molar-refractivity contribution in [3.05, 3.63) is 23.8 Å². The number of carbonyl (C=O) groups excluding carboxylic acids is 1. The zero-order chi connectivity index (χ0) is 18.4. The maximum absolute atomic E-state index is 12.2. The lowest BCUT2D eigenvalue weighted by atomic mass is 10.00. The molecule has 1 amide bonds. The van der Waals surface area contributed by atoms with E-state index in [0.717, 1.165) is 19.3 Å². The summed E-state index contributed by atoms with van der Waals surface area (Å²) in [6, 6.07) is 4.62. The van der Waals surface area contributed by atoms with E-state index in [1.807, 2.05) is 0 Å². The summed E-state index contributed by atoms with van der Waals surface area (Å²) >= 11 is 0. The highest BCUT2D eigenvalue weighted by atomic mass is 19.4. The van der Waals surface area contributed by atoms with E-state index in [4.69, 9.17) is 15.2 Å². The molecule has 0 aliphatic heterocycles. The van der Waals surface area contributed by atoms with Crippen molar-refractivity contribution in [2.45, 2.75) is 44.4 Å². The molecule has 0 heterocycles. The van der Waals surface area contributed by atoms with Crippen molar-refractivity contribution in [2.75, 3.05) is 13.7 Å². The van der Waals surface area contributed by atoms with Gasteiger partial charge in [-0.15, -0.1) is 0 Å². The van der Waals surface area contributed by atoms with Crippen molar-refractivity contribution in [3.8, 4) is 11.5 Å². The highest BCUT2D eigenvalue weighted by Gasteiger charge is 2.29. The first-order valence-electron chi connectivity index (χ1n) is 8.17. The molecule has 2 rings (SSSR count). The fourth-order valence-corrected chi connectivity index (χ4v) is 2.93. The van der Waals surface area contributed by atoms with Gasteiger partial charge >= 0.3 is 6.18 Å². The molecule has 25 heavy (non-hydrogen) atoms. The summed E-state index contributed by atoms with van der Waals surface area (Å²) in [6.45, 7) is -1.13. The third-order valence-corrected chi connectivity index (χ3v) is 4.27. The number of hydrogen-bond donors (Lipinski definition) is 2. The summed E-state index contributed by atoms with van der Waals surface area (Å²) in [4.78, 5) is 12.0. The van der Waals surface area contributed by atoms with E-state index >= 15 is 0 Å². The zero-order valence-corrected chi connectivity index (χ0v) is 14.1. The van der Waals surface area contributed by atoms with Crippen molar-refractivity contribution in [1.82, 2.24) is 5.32 Å². The molecule has 1 fully saturated rings. The Labute approximate surface area is 144 Å². The van der Waals surface area contributed by atoms with Crippen LogP contribution in [0.2, 0.25) is 0 Å². The zero-order valence-electron chi connectivity index (χ0n) is 14.1. The van der Waals surface area contributed by atoms with E-state index in [0.29, 0.717) is 12.0 Å². The molecule has 0 saturated heterocycles. The van der Waals surface area contributed by atoms with Gasteiger partial charge < -0.3 is 20.5 Å². The van der Waals surface area contributed by atoms with Crippen molar-refractivity contribution < 1.29 is 27.4 Å². The second-order valence-electron chi connectivity index (χ2n) is 6.22. The number of amides is 1. The first kappa shape index (κ1) is 19.4. The van der Waals surface area contributed by atoms with Crippen LogP contribution in [0, 0.1) is 5.92 Å². The largest absolute Gasteiger partial charge is 0.493 e. The quantitative estimate of drug-likeness (QED) is 0.784. The average Bonchev–Trinajstić information content (AvgIpc) is 2.95. The molecule has 1 aromatic carbocycles. The maximum Gasteiger partial charge on any atom is 0.422 e. The van der Waals surface area contributed by atoms with Gasteiger partial charge in [0.05, 0.1) is 7.11 Å². The van der Waals surface area contributed by atoms with E-state index < -0.39 is 12.8 Å². The predicted octanol–water partition coefficient (Wildman–Crippen LogP) is 2.77. The normalized spacial score (nSPS) is 20.4. The lowest BCUT2D eigenvalue weighted by molar-refractivity contribution is -0.153. The molecule has 0 bridgehead atoms. The van der Waals surface area contributed by atoms with Crippen LogP contribution in [0.25, 0.3) is 0 Å². The number of rotatable bonds is 7. The van der Waals surface area contributed by atoms with Gasteiger partial charge in [-0.05, 0) is 36.5 Å². The molecule has 0 unspecified atom stereocenters. The molecule has 1 aliphatic carbocycles. The van der Waals surface area contributed by atoms with Crippen molar-refractivity contribution in [3.63, 3.8) is 0 Å². The van der Waals surface area contributed by atoms with Gasteiger partial charge in [0.1, 0.15) is 0 Å². The first-order valence-corrected chi connectivity index (χ1v) is 8.17. The molecule has 1 aliphatic rings. The van der Waals surface area contributed by atoms with Crippen molar-refractivity contribution >= 4 is 5.91 Å². The van der Waals surface area contributed by atoms with Crippen LogP contribution in [0.3, 0.4) is 0 Å². The molecule has 3 N–H and O–H groups in total. The first-order chi connectivity index (χ1) is 11.8. The van der Waals surface area contributed by atoms with Crippen LogP contribution in [0.4, 0.5) is 13.2 Å². The topological polar surface area (TPSA) is 73.6 Å². The summed E-state index contributed by atoms with van der Waals surface area (Å²) < 4.78 is 46.5. The number of ether oxygens (including phenoxy) is 2. The van der Waals surface area contributed by atoms with Gasteiger partial charge in [-0.3, -0.25) is 4.79 Å². The lowest BCUT2D eigenvalue weighted by Gasteiger charge is -2.16. The minimum Gasteiger partial charge on any atom is -0.493 e. The van der Waals surface area contributed by atoms with E-state index in [1.165, 1.54) is 13.2 Å². The van der Waals surface area contributed by atoms with Gasteiger partial charge in [0.25, 0.3) is 0 Å². The molecule has 5 nitrogen and oxygen atoms in total. The van der Waals surface area contributed by atoms with Gasteiger partial charge in [-0.2, -0.15) is 13.2 Å². The predicted molar refractivity (Wildman–Crippen MR) is 86.3 cm³/mol. The second-order valence-corrected chi connectivity index (χ2v) is 6.22. The molecular weight excluding hydrogens is 337 g/mol. The second kappa shape index (κ2) is 8.42.